The molecule has 0 bridgehead atoms. The molecule has 0 aromatic heterocycles. The van der Waals surface area contributed by atoms with E-state index in [4.69, 9.17) is 9.47 Å². The van der Waals surface area contributed by atoms with Gasteiger partial charge in [-0.25, -0.2) is 4.79 Å². The highest BCUT2D eigenvalue weighted by Gasteiger charge is 2.34. The van der Waals surface area contributed by atoms with Crippen molar-refractivity contribution in [2.45, 2.75) is 43.7 Å². The van der Waals surface area contributed by atoms with Crippen LogP contribution in [0.4, 0.5) is 4.79 Å². The van der Waals surface area contributed by atoms with Crippen molar-refractivity contribution in [1.82, 2.24) is 10.6 Å². The van der Waals surface area contributed by atoms with E-state index in [1.807, 2.05) is 55.5 Å². The van der Waals surface area contributed by atoms with E-state index in [2.05, 4.69) is 10.6 Å². The van der Waals surface area contributed by atoms with E-state index >= 15 is 0 Å². The molecule has 0 radical (unpaired) electrons. The van der Waals surface area contributed by atoms with Crippen molar-refractivity contribution in [2.24, 2.45) is 0 Å². The molecule has 33 heavy (non-hydrogen) atoms. The molecular weight excluding hydrogens is 424 g/mol. The molecule has 8 heteroatoms. The molecule has 0 saturated carbocycles. The van der Waals surface area contributed by atoms with Crippen molar-refractivity contribution >= 4 is 18.0 Å². The molecule has 1 aliphatic carbocycles. The van der Waals surface area contributed by atoms with E-state index in [9.17, 15) is 19.5 Å². The Labute approximate surface area is 192 Å². The van der Waals surface area contributed by atoms with Crippen LogP contribution in [0.5, 0.6) is 0 Å². The fourth-order valence-electron chi connectivity index (χ4n) is 4.58. The van der Waals surface area contributed by atoms with Crippen LogP contribution in [-0.4, -0.2) is 54.5 Å². The Kier molecular flexibility index (Phi) is 6.65. The summed E-state index contributed by atoms with van der Waals surface area (Å²) in [7, 11) is 0. The lowest BCUT2D eigenvalue weighted by molar-refractivity contribution is -0.140. The number of aliphatic carboxylic acids is 1. The molecule has 1 fully saturated rings. The lowest BCUT2D eigenvalue weighted by atomic mass is 9.94. The number of benzene rings is 2. The SMILES string of the molecule is CC1(NC(=O)C(CC(=O)O)NC(=O)OCC2c3ccccc3-c3ccccc32)CCCOC1. The van der Waals surface area contributed by atoms with Gasteiger partial charge < -0.3 is 25.2 Å². The average molecular weight is 453 g/mol. The quantitative estimate of drug-likeness (QED) is 0.595. The van der Waals surface area contributed by atoms with Gasteiger partial charge in [0.1, 0.15) is 12.6 Å². The third kappa shape index (κ3) is 5.17. The van der Waals surface area contributed by atoms with Gasteiger partial charge in [-0.15, -0.1) is 0 Å². The molecule has 2 amide bonds. The zero-order valence-corrected chi connectivity index (χ0v) is 18.5. The first kappa shape index (κ1) is 22.8. The molecule has 1 saturated heterocycles. The molecule has 1 aliphatic heterocycles. The molecule has 0 spiro atoms. The number of ether oxygens (including phenoxy) is 2. The number of carbonyl (C=O) groups is 3. The second-order valence-corrected chi connectivity index (χ2v) is 8.83. The Bertz CT molecular complexity index is 1000. The van der Waals surface area contributed by atoms with Crippen LogP contribution in [0.15, 0.2) is 48.5 Å². The third-order valence-corrected chi connectivity index (χ3v) is 6.19. The van der Waals surface area contributed by atoms with E-state index < -0.39 is 36.0 Å². The molecule has 174 valence electrons. The minimum Gasteiger partial charge on any atom is -0.481 e. The Morgan fingerprint density at radius 2 is 1.76 bits per heavy atom. The van der Waals surface area contributed by atoms with Gasteiger partial charge in [-0.2, -0.15) is 0 Å². The van der Waals surface area contributed by atoms with Crippen LogP contribution in [0.3, 0.4) is 0 Å². The molecule has 2 atom stereocenters. The first-order valence-electron chi connectivity index (χ1n) is 11.1. The number of hydrogen-bond acceptors (Lipinski definition) is 5. The number of carboxylic acids is 1. The number of rotatable bonds is 7. The Balaban J connectivity index is 1.41. The molecule has 2 aromatic rings. The molecule has 8 nitrogen and oxygen atoms in total. The minimum atomic E-state index is -1.25. The molecule has 2 aliphatic rings. The van der Waals surface area contributed by atoms with E-state index in [1.54, 1.807) is 0 Å². The first-order chi connectivity index (χ1) is 15.9. The molecule has 2 aromatic carbocycles. The smallest absolute Gasteiger partial charge is 0.407 e. The van der Waals surface area contributed by atoms with Gasteiger partial charge in [-0.3, -0.25) is 9.59 Å². The maximum Gasteiger partial charge on any atom is 0.407 e. The van der Waals surface area contributed by atoms with Crippen molar-refractivity contribution in [1.29, 1.82) is 0 Å². The Hall–Kier alpha value is -3.39. The van der Waals surface area contributed by atoms with E-state index in [0.717, 1.165) is 28.7 Å². The van der Waals surface area contributed by atoms with Crippen molar-refractivity contribution < 1.29 is 29.0 Å². The Morgan fingerprint density at radius 3 is 2.33 bits per heavy atom. The fraction of sp³-hybridized carbons (Fsp3) is 0.400. The van der Waals surface area contributed by atoms with E-state index in [1.165, 1.54) is 0 Å². The summed E-state index contributed by atoms with van der Waals surface area (Å²) < 4.78 is 10.9. The van der Waals surface area contributed by atoms with E-state index in [-0.39, 0.29) is 12.5 Å². The van der Waals surface area contributed by atoms with Crippen LogP contribution in [0, 0.1) is 0 Å². The molecular formula is C25H28N2O6. The molecule has 2 unspecified atom stereocenters. The van der Waals surface area contributed by atoms with Crippen molar-refractivity contribution in [2.75, 3.05) is 19.8 Å². The van der Waals surface area contributed by atoms with Gasteiger partial charge in [-0.05, 0) is 42.0 Å². The number of hydrogen-bond donors (Lipinski definition) is 3. The maximum absolute atomic E-state index is 12.8. The summed E-state index contributed by atoms with van der Waals surface area (Å²) in [6, 6.07) is 14.7. The summed E-state index contributed by atoms with van der Waals surface area (Å²) in [5.41, 5.74) is 3.74. The largest absolute Gasteiger partial charge is 0.481 e. The second kappa shape index (κ2) is 9.62. The van der Waals surface area contributed by atoms with Gasteiger partial charge in [0, 0.05) is 12.5 Å². The zero-order chi connectivity index (χ0) is 23.4. The number of carbonyl (C=O) groups excluding carboxylic acids is 2. The van der Waals surface area contributed by atoms with Gasteiger partial charge in [0.2, 0.25) is 5.91 Å². The van der Waals surface area contributed by atoms with Crippen LogP contribution in [0.25, 0.3) is 11.1 Å². The van der Waals surface area contributed by atoms with Crippen molar-refractivity contribution in [3.63, 3.8) is 0 Å². The van der Waals surface area contributed by atoms with E-state index in [0.29, 0.717) is 19.6 Å². The van der Waals surface area contributed by atoms with Crippen molar-refractivity contribution in [3.05, 3.63) is 59.7 Å². The molecule has 3 N–H and O–H groups in total. The summed E-state index contributed by atoms with van der Waals surface area (Å²) in [5.74, 6) is -1.90. The zero-order valence-electron chi connectivity index (χ0n) is 18.5. The summed E-state index contributed by atoms with van der Waals surface area (Å²) in [6.07, 6.45) is 0.125. The average Bonchev–Trinajstić information content (AvgIpc) is 3.11. The lowest BCUT2D eigenvalue weighted by Gasteiger charge is -2.35. The number of carboxylic acid groups (broad SMARTS) is 1. The number of fused-ring (bicyclic) bond motifs is 3. The highest BCUT2D eigenvalue weighted by Crippen LogP contribution is 2.44. The van der Waals surface area contributed by atoms with Crippen LogP contribution >= 0.6 is 0 Å². The highest BCUT2D eigenvalue weighted by molar-refractivity contribution is 5.89. The van der Waals surface area contributed by atoms with Gasteiger partial charge in [-0.1, -0.05) is 48.5 Å². The molecule has 4 rings (SSSR count). The van der Waals surface area contributed by atoms with Crippen LogP contribution < -0.4 is 10.6 Å². The summed E-state index contributed by atoms with van der Waals surface area (Å²) in [6.45, 7) is 2.88. The minimum absolute atomic E-state index is 0.0762. The van der Waals surface area contributed by atoms with Crippen molar-refractivity contribution in [3.8, 4) is 11.1 Å². The van der Waals surface area contributed by atoms with Gasteiger partial charge in [0.05, 0.1) is 18.6 Å². The highest BCUT2D eigenvalue weighted by atomic mass is 16.5. The number of alkyl carbamates (subject to hydrolysis) is 1. The summed E-state index contributed by atoms with van der Waals surface area (Å²) in [5, 5.41) is 14.5. The van der Waals surface area contributed by atoms with Gasteiger partial charge in [0.15, 0.2) is 0 Å². The van der Waals surface area contributed by atoms with Crippen LogP contribution in [-0.2, 0) is 19.1 Å². The normalized spacial score (nSPS) is 20.3. The summed E-state index contributed by atoms with van der Waals surface area (Å²) in [4.78, 5) is 36.6. The number of amides is 2. The topological polar surface area (TPSA) is 114 Å². The Morgan fingerprint density at radius 1 is 1.12 bits per heavy atom. The molecule has 1 heterocycles. The van der Waals surface area contributed by atoms with Gasteiger partial charge in [0.25, 0.3) is 0 Å². The van der Waals surface area contributed by atoms with Crippen LogP contribution in [0.2, 0.25) is 0 Å². The number of nitrogens with one attached hydrogen (secondary N) is 2. The van der Waals surface area contributed by atoms with Gasteiger partial charge >= 0.3 is 12.1 Å². The lowest BCUT2D eigenvalue weighted by Crippen LogP contribution is -2.57. The van der Waals surface area contributed by atoms with Crippen LogP contribution in [0.1, 0.15) is 43.2 Å². The monoisotopic (exact) mass is 452 g/mol. The standard InChI is InChI=1S/C25H28N2O6/c1-25(11-6-12-32-15-25)27-23(30)21(13-22(28)29)26-24(31)33-14-20-18-9-4-2-7-16(18)17-8-3-5-10-19(17)20/h2-5,7-10,20-21H,6,11-15H2,1H3,(H,26,31)(H,27,30)(H,28,29). The second-order valence-electron chi connectivity index (χ2n) is 8.83. The predicted molar refractivity (Wildman–Crippen MR) is 121 cm³/mol. The fourth-order valence-corrected chi connectivity index (χ4v) is 4.58. The first-order valence-corrected chi connectivity index (χ1v) is 11.1. The predicted octanol–water partition coefficient (Wildman–Crippen LogP) is 3.05. The summed E-state index contributed by atoms with van der Waals surface area (Å²) >= 11 is 0. The maximum atomic E-state index is 12.8. The third-order valence-electron chi connectivity index (χ3n) is 6.19.